The number of carbonyl (C=O) groups excluding carboxylic acids is 1. The summed E-state index contributed by atoms with van der Waals surface area (Å²) < 4.78 is 0. The molecule has 23 heavy (non-hydrogen) atoms. The number of benzene rings is 2. The van der Waals surface area contributed by atoms with Crippen LogP contribution in [0.25, 0.3) is 0 Å². The zero-order valence-corrected chi connectivity index (χ0v) is 14.0. The first kappa shape index (κ1) is 17.4. The van der Waals surface area contributed by atoms with Gasteiger partial charge in [-0.3, -0.25) is 4.79 Å². The van der Waals surface area contributed by atoms with E-state index in [4.69, 9.17) is 5.73 Å². The van der Waals surface area contributed by atoms with Gasteiger partial charge < -0.3 is 10.6 Å². The van der Waals surface area contributed by atoms with E-state index >= 15 is 0 Å². The van der Waals surface area contributed by atoms with Crippen LogP contribution in [-0.4, -0.2) is 23.9 Å². The molecule has 1 saturated heterocycles. The first-order chi connectivity index (χ1) is 10.7. The lowest BCUT2D eigenvalue weighted by Gasteiger charge is -2.17. The minimum atomic E-state index is 0. The number of carbonyl (C=O) groups is 1. The van der Waals surface area contributed by atoms with E-state index in [1.165, 1.54) is 5.56 Å². The Bertz CT molecular complexity index is 645. The van der Waals surface area contributed by atoms with Crippen LogP contribution in [0.1, 0.15) is 29.9 Å². The van der Waals surface area contributed by atoms with Crippen LogP contribution >= 0.6 is 12.4 Å². The SMILES string of the molecule is Cl.Nc1ccccc1CCC(=O)N1CCC(c2ccccc2)C1. The van der Waals surface area contributed by atoms with E-state index in [9.17, 15) is 4.79 Å². The van der Waals surface area contributed by atoms with Crippen LogP contribution in [0.2, 0.25) is 0 Å². The average Bonchev–Trinajstić information content (AvgIpc) is 3.05. The van der Waals surface area contributed by atoms with Crippen molar-refractivity contribution in [2.75, 3.05) is 18.8 Å². The molecule has 0 spiro atoms. The predicted octanol–water partition coefficient (Wildman–Crippen LogP) is 3.64. The highest BCUT2D eigenvalue weighted by atomic mass is 35.5. The Labute approximate surface area is 143 Å². The van der Waals surface area contributed by atoms with Gasteiger partial charge in [0, 0.05) is 31.1 Å². The van der Waals surface area contributed by atoms with Gasteiger partial charge in [0.1, 0.15) is 0 Å². The molecular weight excluding hydrogens is 308 g/mol. The molecule has 2 aromatic rings. The van der Waals surface area contributed by atoms with E-state index in [-0.39, 0.29) is 18.3 Å². The molecule has 0 radical (unpaired) electrons. The molecule has 4 heteroatoms. The zero-order valence-electron chi connectivity index (χ0n) is 13.2. The number of nitrogens with zero attached hydrogens (tertiary/aromatic N) is 1. The Morgan fingerprint density at radius 1 is 1.09 bits per heavy atom. The Balaban J connectivity index is 0.00000192. The molecule has 2 aromatic carbocycles. The maximum Gasteiger partial charge on any atom is 0.222 e. The largest absolute Gasteiger partial charge is 0.399 e. The van der Waals surface area contributed by atoms with Gasteiger partial charge in [-0.25, -0.2) is 0 Å². The maximum atomic E-state index is 12.4. The topological polar surface area (TPSA) is 46.3 Å². The van der Waals surface area contributed by atoms with Crippen molar-refractivity contribution in [3.8, 4) is 0 Å². The molecule has 2 N–H and O–H groups in total. The lowest BCUT2D eigenvalue weighted by molar-refractivity contribution is -0.130. The number of likely N-dealkylation sites (tertiary alicyclic amines) is 1. The highest BCUT2D eigenvalue weighted by Crippen LogP contribution is 2.27. The second-order valence-electron chi connectivity index (χ2n) is 5.93. The number of halogens is 1. The Hall–Kier alpha value is -2.00. The van der Waals surface area contributed by atoms with Gasteiger partial charge in [0.15, 0.2) is 0 Å². The third kappa shape index (κ3) is 4.26. The van der Waals surface area contributed by atoms with E-state index in [0.29, 0.717) is 12.3 Å². The van der Waals surface area contributed by atoms with Crippen molar-refractivity contribution >= 4 is 24.0 Å². The van der Waals surface area contributed by atoms with Crippen LogP contribution in [0, 0.1) is 0 Å². The van der Waals surface area contributed by atoms with E-state index in [2.05, 4.69) is 24.3 Å². The third-order valence-corrected chi connectivity index (χ3v) is 4.48. The summed E-state index contributed by atoms with van der Waals surface area (Å²) in [5, 5.41) is 0. The fourth-order valence-electron chi connectivity index (χ4n) is 3.15. The molecule has 1 fully saturated rings. The fourth-order valence-corrected chi connectivity index (χ4v) is 3.15. The molecule has 1 aliphatic rings. The van der Waals surface area contributed by atoms with Gasteiger partial charge in [0.25, 0.3) is 0 Å². The van der Waals surface area contributed by atoms with Gasteiger partial charge in [-0.2, -0.15) is 0 Å². The Morgan fingerprint density at radius 3 is 2.52 bits per heavy atom. The molecule has 1 amide bonds. The lowest BCUT2D eigenvalue weighted by Crippen LogP contribution is -2.28. The first-order valence-electron chi connectivity index (χ1n) is 7.90. The van der Waals surface area contributed by atoms with Crippen LogP contribution in [0.3, 0.4) is 0 Å². The van der Waals surface area contributed by atoms with Crippen molar-refractivity contribution in [3.63, 3.8) is 0 Å². The Kier molecular flexibility index (Phi) is 6.05. The zero-order chi connectivity index (χ0) is 15.4. The molecule has 1 aliphatic heterocycles. The number of nitrogens with two attached hydrogens (primary N) is 1. The number of hydrogen-bond acceptors (Lipinski definition) is 2. The molecule has 0 aromatic heterocycles. The minimum absolute atomic E-state index is 0. The van der Waals surface area contributed by atoms with Crippen molar-refractivity contribution in [2.24, 2.45) is 0 Å². The highest BCUT2D eigenvalue weighted by molar-refractivity contribution is 5.85. The van der Waals surface area contributed by atoms with Gasteiger partial charge in [-0.15, -0.1) is 12.4 Å². The molecule has 3 nitrogen and oxygen atoms in total. The summed E-state index contributed by atoms with van der Waals surface area (Å²) in [6.45, 7) is 1.70. The van der Waals surface area contributed by atoms with Crippen LogP contribution in [0.5, 0.6) is 0 Å². The minimum Gasteiger partial charge on any atom is -0.399 e. The quantitative estimate of drug-likeness (QED) is 0.870. The maximum absolute atomic E-state index is 12.4. The first-order valence-corrected chi connectivity index (χ1v) is 7.90. The van der Waals surface area contributed by atoms with Gasteiger partial charge in [0.2, 0.25) is 5.91 Å². The number of anilines is 1. The van der Waals surface area contributed by atoms with Crippen molar-refractivity contribution < 1.29 is 4.79 Å². The fraction of sp³-hybridized carbons (Fsp3) is 0.316. The average molecular weight is 331 g/mol. The summed E-state index contributed by atoms with van der Waals surface area (Å²) in [6.07, 6.45) is 2.32. The molecule has 0 saturated carbocycles. The number of aryl methyl sites for hydroxylation is 1. The molecule has 3 rings (SSSR count). The van der Waals surface area contributed by atoms with E-state index < -0.39 is 0 Å². The molecule has 1 heterocycles. The summed E-state index contributed by atoms with van der Waals surface area (Å²) in [5.41, 5.74) is 9.11. The van der Waals surface area contributed by atoms with Gasteiger partial charge in [0.05, 0.1) is 0 Å². The van der Waals surface area contributed by atoms with Crippen LogP contribution in [0.4, 0.5) is 5.69 Å². The van der Waals surface area contributed by atoms with Crippen LogP contribution in [-0.2, 0) is 11.2 Å². The number of para-hydroxylation sites is 1. The normalized spacial score (nSPS) is 16.9. The molecule has 1 unspecified atom stereocenters. The van der Waals surface area contributed by atoms with Crippen molar-refractivity contribution in [1.82, 2.24) is 4.90 Å². The van der Waals surface area contributed by atoms with Crippen molar-refractivity contribution in [1.29, 1.82) is 0 Å². The summed E-state index contributed by atoms with van der Waals surface area (Å²) in [4.78, 5) is 14.4. The summed E-state index contributed by atoms with van der Waals surface area (Å²) >= 11 is 0. The standard InChI is InChI=1S/C19H22N2O.ClH/c20-18-9-5-4-8-16(18)10-11-19(22)21-13-12-17(14-21)15-6-2-1-3-7-15;/h1-9,17H,10-14,20H2;1H. The lowest BCUT2D eigenvalue weighted by atomic mass is 9.99. The van der Waals surface area contributed by atoms with Gasteiger partial charge >= 0.3 is 0 Å². The second kappa shape index (κ2) is 8.02. The van der Waals surface area contributed by atoms with E-state index in [0.717, 1.165) is 37.2 Å². The van der Waals surface area contributed by atoms with Crippen molar-refractivity contribution in [2.45, 2.75) is 25.2 Å². The van der Waals surface area contributed by atoms with E-state index in [1.54, 1.807) is 0 Å². The van der Waals surface area contributed by atoms with Crippen LogP contribution in [0.15, 0.2) is 54.6 Å². The molecule has 122 valence electrons. The number of nitrogen functional groups attached to an aromatic ring is 1. The smallest absolute Gasteiger partial charge is 0.222 e. The molecular formula is C19H23ClN2O. The summed E-state index contributed by atoms with van der Waals surface area (Å²) in [6, 6.07) is 18.3. The summed E-state index contributed by atoms with van der Waals surface area (Å²) in [5.74, 6) is 0.716. The molecule has 1 atom stereocenters. The molecule has 0 aliphatic carbocycles. The van der Waals surface area contributed by atoms with Gasteiger partial charge in [-0.05, 0) is 30.0 Å². The number of rotatable bonds is 4. The molecule has 0 bridgehead atoms. The number of hydrogen-bond donors (Lipinski definition) is 1. The van der Waals surface area contributed by atoms with Crippen LogP contribution < -0.4 is 5.73 Å². The van der Waals surface area contributed by atoms with Crippen molar-refractivity contribution in [3.05, 3.63) is 65.7 Å². The monoisotopic (exact) mass is 330 g/mol. The van der Waals surface area contributed by atoms with Gasteiger partial charge in [-0.1, -0.05) is 48.5 Å². The number of amides is 1. The van der Waals surface area contributed by atoms with E-state index in [1.807, 2.05) is 35.2 Å². The summed E-state index contributed by atoms with van der Waals surface area (Å²) in [7, 11) is 0. The second-order valence-corrected chi connectivity index (χ2v) is 5.93. The highest BCUT2D eigenvalue weighted by Gasteiger charge is 2.26. The Morgan fingerprint density at radius 2 is 1.78 bits per heavy atom. The predicted molar refractivity (Wildman–Crippen MR) is 96.8 cm³/mol. The third-order valence-electron chi connectivity index (χ3n) is 4.48.